The molecule has 4 nitrogen and oxygen atoms in total. The van der Waals surface area contributed by atoms with Crippen LogP contribution in [-0.4, -0.2) is 25.6 Å². The van der Waals surface area contributed by atoms with Crippen LogP contribution in [0.25, 0.3) is 0 Å². The molecule has 0 aromatic heterocycles. The first-order valence-corrected chi connectivity index (χ1v) is 7.30. The van der Waals surface area contributed by atoms with E-state index in [1.165, 1.54) is 12.8 Å². The van der Waals surface area contributed by atoms with Gasteiger partial charge in [-0.25, -0.2) is 0 Å². The molecule has 2 rings (SSSR count). The highest BCUT2D eigenvalue weighted by atomic mass is 16.5. The number of amides is 1. The van der Waals surface area contributed by atoms with Crippen molar-refractivity contribution in [2.45, 2.75) is 38.8 Å². The van der Waals surface area contributed by atoms with Crippen molar-refractivity contribution in [1.29, 1.82) is 0 Å². The van der Waals surface area contributed by atoms with Crippen molar-refractivity contribution >= 4 is 11.6 Å². The zero-order valence-corrected chi connectivity index (χ0v) is 12.3. The van der Waals surface area contributed by atoms with Crippen molar-refractivity contribution in [2.24, 2.45) is 5.92 Å². The lowest BCUT2D eigenvalue weighted by atomic mass is 9.90. The molecule has 0 radical (unpaired) electrons. The van der Waals surface area contributed by atoms with Gasteiger partial charge in [0.1, 0.15) is 0 Å². The summed E-state index contributed by atoms with van der Waals surface area (Å²) in [4.78, 5) is 12.1. The van der Waals surface area contributed by atoms with Gasteiger partial charge in [0.25, 0.3) is 0 Å². The normalized spacial score (nSPS) is 22.5. The highest BCUT2D eigenvalue weighted by Crippen LogP contribution is 2.19. The minimum Gasteiger partial charge on any atom is -0.380 e. The molecular weight excluding hydrogens is 252 g/mol. The van der Waals surface area contributed by atoms with Crippen LogP contribution in [0.5, 0.6) is 0 Å². The van der Waals surface area contributed by atoms with E-state index in [0.717, 1.165) is 17.8 Å². The fourth-order valence-electron chi connectivity index (χ4n) is 2.70. The van der Waals surface area contributed by atoms with Gasteiger partial charge in [0.15, 0.2) is 0 Å². The van der Waals surface area contributed by atoms with Gasteiger partial charge in [-0.05, 0) is 43.0 Å². The Morgan fingerprint density at radius 2 is 2.35 bits per heavy atom. The Kier molecular flexibility index (Phi) is 5.56. The van der Waals surface area contributed by atoms with Gasteiger partial charge < -0.3 is 15.4 Å². The summed E-state index contributed by atoms with van der Waals surface area (Å²) in [5.74, 6) is 0.639. The predicted molar refractivity (Wildman–Crippen MR) is 80.6 cm³/mol. The van der Waals surface area contributed by atoms with Gasteiger partial charge in [-0.1, -0.05) is 19.1 Å². The first-order chi connectivity index (χ1) is 9.69. The van der Waals surface area contributed by atoms with E-state index in [1.54, 1.807) is 7.11 Å². The number of benzene rings is 1. The van der Waals surface area contributed by atoms with Gasteiger partial charge in [0.05, 0.1) is 6.61 Å². The number of rotatable bonds is 5. The highest BCUT2D eigenvalue weighted by Gasteiger charge is 2.23. The van der Waals surface area contributed by atoms with Crippen LogP contribution in [0.4, 0.5) is 5.69 Å². The molecule has 1 fully saturated rings. The highest BCUT2D eigenvalue weighted by molar-refractivity contribution is 5.91. The van der Waals surface area contributed by atoms with Crippen molar-refractivity contribution in [3.63, 3.8) is 0 Å². The smallest absolute Gasteiger partial charge is 0.225 e. The molecule has 1 heterocycles. The molecule has 1 aromatic rings. The van der Waals surface area contributed by atoms with Gasteiger partial charge in [-0.3, -0.25) is 4.79 Å². The Bertz CT molecular complexity index is 448. The van der Waals surface area contributed by atoms with Crippen molar-refractivity contribution in [2.75, 3.05) is 19.0 Å². The molecule has 0 bridgehead atoms. The Morgan fingerprint density at radius 1 is 1.50 bits per heavy atom. The fraction of sp³-hybridized carbons (Fsp3) is 0.562. The first-order valence-electron chi connectivity index (χ1n) is 7.30. The second kappa shape index (κ2) is 7.41. The van der Waals surface area contributed by atoms with E-state index in [9.17, 15) is 4.79 Å². The second-order valence-electron chi connectivity index (χ2n) is 5.57. The molecule has 1 amide bonds. The largest absolute Gasteiger partial charge is 0.380 e. The van der Waals surface area contributed by atoms with Crippen LogP contribution in [-0.2, 0) is 16.1 Å². The van der Waals surface area contributed by atoms with Crippen LogP contribution in [0.3, 0.4) is 0 Å². The first kappa shape index (κ1) is 15.0. The molecule has 1 aliphatic rings. The van der Waals surface area contributed by atoms with Crippen molar-refractivity contribution < 1.29 is 9.53 Å². The van der Waals surface area contributed by atoms with Gasteiger partial charge in [0, 0.05) is 25.3 Å². The number of anilines is 1. The second-order valence-corrected chi connectivity index (χ2v) is 5.57. The molecule has 0 aliphatic carbocycles. The number of piperidine rings is 1. The minimum atomic E-state index is 0.0748. The number of hydrogen-bond acceptors (Lipinski definition) is 3. The molecule has 2 unspecified atom stereocenters. The Labute approximate surface area is 120 Å². The van der Waals surface area contributed by atoms with Gasteiger partial charge in [-0.2, -0.15) is 0 Å². The lowest BCUT2D eigenvalue weighted by Gasteiger charge is -2.29. The molecule has 20 heavy (non-hydrogen) atoms. The molecule has 1 aliphatic heterocycles. The van der Waals surface area contributed by atoms with Crippen LogP contribution >= 0.6 is 0 Å². The molecule has 2 N–H and O–H groups in total. The summed E-state index contributed by atoms with van der Waals surface area (Å²) in [6.45, 7) is 3.79. The van der Waals surface area contributed by atoms with E-state index < -0.39 is 0 Å². The van der Waals surface area contributed by atoms with Gasteiger partial charge in [-0.15, -0.1) is 0 Å². The van der Waals surface area contributed by atoms with Crippen LogP contribution in [0.2, 0.25) is 0 Å². The maximum Gasteiger partial charge on any atom is 0.225 e. The van der Waals surface area contributed by atoms with E-state index in [-0.39, 0.29) is 5.91 Å². The minimum absolute atomic E-state index is 0.0748. The number of carbonyl (C=O) groups excluding carboxylic acids is 1. The Morgan fingerprint density at radius 3 is 3.10 bits per heavy atom. The summed E-state index contributed by atoms with van der Waals surface area (Å²) in [6.07, 6.45) is 2.95. The quantitative estimate of drug-likeness (QED) is 0.869. The van der Waals surface area contributed by atoms with Gasteiger partial charge >= 0.3 is 0 Å². The topological polar surface area (TPSA) is 50.4 Å². The third kappa shape index (κ3) is 4.32. The van der Waals surface area contributed by atoms with Crippen LogP contribution in [0, 0.1) is 5.92 Å². The summed E-state index contributed by atoms with van der Waals surface area (Å²) in [6, 6.07) is 8.09. The van der Waals surface area contributed by atoms with E-state index >= 15 is 0 Å². The molecule has 4 heteroatoms. The number of carbonyl (C=O) groups is 1. The van der Waals surface area contributed by atoms with Crippen molar-refractivity contribution in [3.8, 4) is 0 Å². The summed E-state index contributed by atoms with van der Waals surface area (Å²) >= 11 is 0. The van der Waals surface area contributed by atoms with Gasteiger partial charge in [0.2, 0.25) is 5.91 Å². The van der Waals surface area contributed by atoms with E-state index in [1.807, 2.05) is 24.3 Å². The van der Waals surface area contributed by atoms with Crippen LogP contribution in [0.1, 0.15) is 31.7 Å². The molecule has 1 saturated heterocycles. The molecule has 0 saturated carbocycles. The standard InChI is InChI=1S/C16H24N2O2/c1-12-5-4-8-17-15(12)10-16(19)18-14-7-3-6-13(9-14)11-20-2/h3,6-7,9,12,15,17H,4-5,8,10-11H2,1-2H3,(H,18,19). The Balaban J connectivity index is 1.88. The molecule has 2 atom stereocenters. The van der Waals surface area contributed by atoms with Crippen LogP contribution in [0.15, 0.2) is 24.3 Å². The maximum absolute atomic E-state index is 12.1. The van der Waals surface area contributed by atoms with E-state index in [0.29, 0.717) is 25.0 Å². The lowest BCUT2D eigenvalue weighted by Crippen LogP contribution is -2.42. The Hall–Kier alpha value is -1.39. The average Bonchev–Trinajstić information content (AvgIpc) is 2.42. The molecule has 110 valence electrons. The van der Waals surface area contributed by atoms with E-state index in [2.05, 4.69) is 17.6 Å². The average molecular weight is 276 g/mol. The summed E-state index contributed by atoms with van der Waals surface area (Å²) in [5.41, 5.74) is 1.91. The van der Waals surface area contributed by atoms with Crippen molar-refractivity contribution in [3.05, 3.63) is 29.8 Å². The summed E-state index contributed by atoms with van der Waals surface area (Å²) in [7, 11) is 1.67. The van der Waals surface area contributed by atoms with E-state index in [4.69, 9.17) is 4.74 Å². The number of methoxy groups -OCH3 is 1. The van der Waals surface area contributed by atoms with Crippen LogP contribution < -0.4 is 10.6 Å². The predicted octanol–water partition coefficient (Wildman–Crippen LogP) is 2.55. The SMILES string of the molecule is COCc1cccc(NC(=O)CC2NCCCC2C)c1. The summed E-state index contributed by atoms with van der Waals surface area (Å²) in [5, 5.41) is 6.41. The number of ether oxygens (including phenoxy) is 1. The molecule has 0 spiro atoms. The summed E-state index contributed by atoms with van der Waals surface area (Å²) < 4.78 is 5.10. The monoisotopic (exact) mass is 276 g/mol. The lowest BCUT2D eigenvalue weighted by molar-refractivity contribution is -0.117. The third-order valence-electron chi connectivity index (χ3n) is 3.86. The maximum atomic E-state index is 12.1. The molecular formula is C16H24N2O2. The van der Waals surface area contributed by atoms with Crippen molar-refractivity contribution in [1.82, 2.24) is 5.32 Å². The fourth-order valence-corrected chi connectivity index (χ4v) is 2.70. The molecule has 1 aromatic carbocycles. The zero-order chi connectivity index (χ0) is 14.4. The third-order valence-corrected chi connectivity index (χ3v) is 3.86. The number of nitrogens with one attached hydrogen (secondary N) is 2. The zero-order valence-electron chi connectivity index (χ0n) is 12.3. The number of hydrogen-bond donors (Lipinski definition) is 2.